The number of sulfonamides is 1. The fourth-order valence-corrected chi connectivity index (χ4v) is 4.00. The molecule has 1 aliphatic rings. The quantitative estimate of drug-likeness (QED) is 0.858. The van der Waals surface area contributed by atoms with Gasteiger partial charge in [0.2, 0.25) is 10.0 Å². The summed E-state index contributed by atoms with van der Waals surface area (Å²) in [6.07, 6.45) is 4.28. The van der Waals surface area contributed by atoms with E-state index in [1.807, 2.05) is 0 Å². The smallest absolute Gasteiger partial charge is 0.207 e. The summed E-state index contributed by atoms with van der Waals surface area (Å²) in [6.45, 7) is 0.571. The minimum absolute atomic E-state index is 0.0476. The number of nitrogens with zero attached hydrogens (tertiary/aromatic N) is 4. The molecule has 0 radical (unpaired) electrons. The highest BCUT2D eigenvalue weighted by atomic mass is 32.2. The lowest BCUT2D eigenvalue weighted by atomic mass is 10.1. The van der Waals surface area contributed by atoms with Gasteiger partial charge in [-0.3, -0.25) is 0 Å². The zero-order chi connectivity index (χ0) is 15.7. The van der Waals surface area contributed by atoms with Crippen LogP contribution in [0, 0.1) is 11.6 Å². The summed E-state index contributed by atoms with van der Waals surface area (Å²) in [5, 5.41) is 8.11. The molecule has 0 amide bonds. The van der Waals surface area contributed by atoms with Gasteiger partial charge >= 0.3 is 0 Å². The number of hydrogen-bond acceptors (Lipinski definition) is 4. The van der Waals surface area contributed by atoms with Crippen molar-refractivity contribution in [2.24, 2.45) is 0 Å². The van der Waals surface area contributed by atoms with E-state index < -0.39 is 21.7 Å². The molecule has 0 aliphatic carbocycles. The van der Waals surface area contributed by atoms with Crippen molar-refractivity contribution < 1.29 is 17.2 Å². The van der Waals surface area contributed by atoms with Gasteiger partial charge in [-0.05, 0) is 31.0 Å². The summed E-state index contributed by atoms with van der Waals surface area (Å²) in [4.78, 5) is 1.34. The van der Waals surface area contributed by atoms with Crippen LogP contribution in [0.3, 0.4) is 0 Å². The third kappa shape index (κ3) is 2.73. The van der Waals surface area contributed by atoms with E-state index in [4.69, 9.17) is 0 Å². The van der Waals surface area contributed by atoms with Gasteiger partial charge in [0.05, 0.1) is 23.3 Å². The largest absolute Gasteiger partial charge is 0.243 e. The minimum atomic E-state index is -3.82. The van der Waals surface area contributed by atoms with E-state index in [1.165, 1.54) is 4.31 Å². The van der Waals surface area contributed by atoms with Crippen LogP contribution in [0.25, 0.3) is 0 Å². The van der Waals surface area contributed by atoms with Crippen LogP contribution in [0.5, 0.6) is 0 Å². The Kier molecular flexibility index (Phi) is 3.92. The molecular weight excluding hydrogens is 314 g/mol. The van der Waals surface area contributed by atoms with E-state index in [2.05, 4.69) is 10.2 Å². The number of hydrogen-bond donors (Lipinski definition) is 0. The van der Waals surface area contributed by atoms with E-state index in [1.54, 1.807) is 17.2 Å². The number of benzene rings is 1. The lowest BCUT2D eigenvalue weighted by molar-refractivity contribution is 0.245. The van der Waals surface area contributed by atoms with Crippen LogP contribution in [0.2, 0.25) is 0 Å². The van der Waals surface area contributed by atoms with Crippen LogP contribution in [0.1, 0.15) is 18.9 Å². The molecule has 0 bridgehead atoms. The van der Waals surface area contributed by atoms with Crippen molar-refractivity contribution in [1.82, 2.24) is 19.3 Å². The van der Waals surface area contributed by atoms with Crippen LogP contribution in [0.15, 0.2) is 35.5 Å². The second kappa shape index (κ2) is 5.73. The lowest BCUT2D eigenvalue weighted by Gasteiger charge is -2.30. The summed E-state index contributed by atoms with van der Waals surface area (Å²) < 4.78 is 52.3. The Balaban J connectivity index is 1.75. The minimum Gasteiger partial charge on any atom is -0.207 e. The maximum Gasteiger partial charge on any atom is 0.243 e. The Labute approximate surface area is 126 Å². The molecule has 3 rings (SSSR count). The maximum absolute atomic E-state index is 13.2. The summed E-state index contributed by atoms with van der Waals surface area (Å²) in [6, 6.07) is 2.66. The summed E-state index contributed by atoms with van der Waals surface area (Å²) in [7, 11) is -3.82. The summed E-state index contributed by atoms with van der Waals surface area (Å²) in [5.41, 5.74) is 0. The third-order valence-electron chi connectivity index (χ3n) is 3.72. The molecule has 0 unspecified atom stereocenters. The van der Waals surface area contributed by atoms with Crippen LogP contribution < -0.4 is 0 Å². The van der Waals surface area contributed by atoms with Gasteiger partial charge in [0.1, 0.15) is 0 Å². The van der Waals surface area contributed by atoms with E-state index in [-0.39, 0.29) is 24.0 Å². The predicted molar refractivity (Wildman–Crippen MR) is 73.4 cm³/mol. The normalized spacial score (nSPS) is 17.7. The van der Waals surface area contributed by atoms with E-state index in [9.17, 15) is 17.2 Å². The van der Waals surface area contributed by atoms with Crippen LogP contribution in [-0.4, -0.2) is 40.8 Å². The summed E-state index contributed by atoms with van der Waals surface area (Å²) >= 11 is 0. The maximum atomic E-state index is 13.2. The van der Waals surface area contributed by atoms with Crippen molar-refractivity contribution in [3.8, 4) is 0 Å². The van der Waals surface area contributed by atoms with E-state index >= 15 is 0 Å². The van der Waals surface area contributed by atoms with E-state index in [0.29, 0.717) is 18.9 Å². The Morgan fingerprint density at radius 3 is 2.27 bits per heavy atom. The molecule has 1 saturated heterocycles. The van der Waals surface area contributed by atoms with Crippen molar-refractivity contribution in [2.45, 2.75) is 23.8 Å². The van der Waals surface area contributed by atoms with Crippen molar-refractivity contribution in [1.29, 1.82) is 0 Å². The highest BCUT2D eigenvalue weighted by Gasteiger charge is 2.31. The Morgan fingerprint density at radius 1 is 1.05 bits per heavy atom. The molecule has 9 heteroatoms. The first-order chi connectivity index (χ1) is 10.5. The zero-order valence-electron chi connectivity index (χ0n) is 11.6. The van der Waals surface area contributed by atoms with Gasteiger partial charge in [-0.25, -0.2) is 17.2 Å². The molecule has 22 heavy (non-hydrogen) atoms. The standard InChI is InChI=1S/C13H14F2N4O2S/c14-12-2-1-11(9-13(12)15)22(20,21)18-7-3-10(4-8-18)19-16-5-6-17-19/h1-2,5-6,9-10H,3-4,7-8H2. The van der Waals surface area contributed by atoms with Crippen molar-refractivity contribution >= 4 is 10.0 Å². The SMILES string of the molecule is O=S(=O)(c1ccc(F)c(F)c1)N1CCC(n2nccn2)CC1. The molecule has 0 spiro atoms. The third-order valence-corrected chi connectivity index (χ3v) is 5.61. The van der Waals surface area contributed by atoms with Crippen LogP contribution in [0.4, 0.5) is 8.78 Å². The van der Waals surface area contributed by atoms with E-state index in [0.717, 1.165) is 12.1 Å². The number of aromatic nitrogens is 3. The highest BCUT2D eigenvalue weighted by Crippen LogP contribution is 2.26. The Hall–Kier alpha value is -1.87. The molecule has 2 heterocycles. The van der Waals surface area contributed by atoms with Gasteiger partial charge in [-0.1, -0.05) is 0 Å². The van der Waals surface area contributed by atoms with Gasteiger partial charge in [-0.15, -0.1) is 0 Å². The average molecular weight is 328 g/mol. The van der Waals surface area contributed by atoms with Crippen molar-refractivity contribution in [3.05, 3.63) is 42.2 Å². The lowest BCUT2D eigenvalue weighted by Crippen LogP contribution is -2.39. The number of halogens is 2. The zero-order valence-corrected chi connectivity index (χ0v) is 12.4. The first kappa shape index (κ1) is 15.0. The number of piperidine rings is 1. The molecule has 0 atom stereocenters. The van der Waals surface area contributed by atoms with Crippen LogP contribution in [-0.2, 0) is 10.0 Å². The monoisotopic (exact) mass is 328 g/mol. The molecule has 118 valence electrons. The summed E-state index contributed by atoms with van der Waals surface area (Å²) in [5.74, 6) is -2.24. The predicted octanol–water partition coefficient (Wildman–Crippen LogP) is 1.58. The molecular formula is C13H14F2N4O2S. The van der Waals surface area contributed by atoms with Gasteiger partial charge in [0.15, 0.2) is 11.6 Å². The van der Waals surface area contributed by atoms with Gasteiger partial charge in [0, 0.05) is 13.1 Å². The molecule has 1 aliphatic heterocycles. The van der Waals surface area contributed by atoms with Gasteiger partial charge in [0.25, 0.3) is 0 Å². The highest BCUT2D eigenvalue weighted by molar-refractivity contribution is 7.89. The molecule has 1 aromatic heterocycles. The van der Waals surface area contributed by atoms with Crippen LogP contribution >= 0.6 is 0 Å². The average Bonchev–Trinajstić information content (AvgIpc) is 3.04. The fourth-order valence-electron chi connectivity index (χ4n) is 2.51. The molecule has 1 aromatic carbocycles. The molecule has 0 saturated carbocycles. The molecule has 0 N–H and O–H groups in total. The Bertz CT molecular complexity index is 756. The second-order valence-corrected chi connectivity index (χ2v) is 7.00. The first-order valence-electron chi connectivity index (χ1n) is 6.79. The van der Waals surface area contributed by atoms with Gasteiger partial charge < -0.3 is 0 Å². The van der Waals surface area contributed by atoms with Crippen molar-refractivity contribution in [2.75, 3.05) is 13.1 Å². The van der Waals surface area contributed by atoms with Gasteiger partial charge in [-0.2, -0.15) is 19.3 Å². The second-order valence-electron chi connectivity index (χ2n) is 5.06. The topological polar surface area (TPSA) is 68.1 Å². The molecule has 1 fully saturated rings. The molecule has 6 nitrogen and oxygen atoms in total. The number of rotatable bonds is 3. The molecule has 2 aromatic rings. The Morgan fingerprint density at radius 2 is 1.68 bits per heavy atom. The fraction of sp³-hybridized carbons (Fsp3) is 0.385. The first-order valence-corrected chi connectivity index (χ1v) is 8.23. The van der Waals surface area contributed by atoms with Crippen molar-refractivity contribution in [3.63, 3.8) is 0 Å².